The molecule has 8 saturated heterocycles. The van der Waals surface area contributed by atoms with E-state index in [2.05, 4.69) is 0 Å². The van der Waals surface area contributed by atoms with Gasteiger partial charge in [-0.05, 0) is 0 Å². The Labute approximate surface area is 581 Å². The maximum Gasteiger partial charge on any atom is 0.187 e. The zero-order chi connectivity index (χ0) is 73.8. The predicted molar refractivity (Wildman–Crippen MR) is 322 cm³/mol. The molecule has 8 heterocycles. The maximum atomic E-state index is 11.8. The van der Waals surface area contributed by atoms with Gasteiger partial charge in [0.15, 0.2) is 50.3 Å². The van der Waals surface area contributed by atoms with E-state index in [1.54, 1.807) is 0 Å². The van der Waals surface area contributed by atoms with Crippen LogP contribution in [0, 0.1) is 0 Å². The zero-order valence-electron chi connectivity index (χ0n) is 58.0. The van der Waals surface area contributed by atoms with Crippen LogP contribution >= 0.6 is 0 Å². The molecule has 0 aromatic rings. The highest BCUT2D eigenvalue weighted by Gasteiger charge is 2.61. The number of aliphatic hydroxyl groups excluding tert-OH is 14. The van der Waals surface area contributed by atoms with Crippen LogP contribution in [0.3, 0.4) is 0 Å². The number of rotatable bonds is 34. The first-order valence-electron chi connectivity index (χ1n) is 32.8. The van der Waals surface area contributed by atoms with Crippen molar-refractivity contribution in [3.05, 3.63) is 0 Å². The summed E-state index contributed by atoms with van der Waals surface area (Å²) in [5, 5.41) is 152. The second kappa shape index (κ2) is 39.6. The smallest absolute Gasteiger partial charge is 0.187 e. The summed E-state index contributed by atoms with van der Waals surface area (Å²) in [6.07, 6.45) is -59.6. The molecule has 0 bridgehead atoms. The molecule has 592 valence electrons. The minimum Gasteiger partial charge on any atom is -0.394 e. The van der Waals surface area contributed by atoms with Gasteiger partial charge in [-0.25, -0.2) is 0 Å². The van der Waals surface area contributed by atoms with Crippen molar-refractivity contribution in [1.29, 1.82) is 0 Å². The van der Waals surface area contributed by atoms with Crippen LogP contribution in [0.1, 0.15) is 0 Å². The molecule has 0 radical (unpaired) electrons. The van der Waals surface area contributed by atoms with Crippen molar-refractivity contribution in [3.63, 3.8) is 0 Å². The number of aliphatic hydroxyl groups is 14. The Bertz CT molecular complexity index is 2350. The van der Waals surface area contributed by atoms with E-state index in [1.807, 2.05) is 0 Å². The third-order valence-electron chi connectivity index (χ3n) is 19.2. The molecule has 0 amide bonds. The molecule has 41 nitrogen and oxygen atoms in total. The van der Waals surface area contributed by atoms with E-state index >= 15 is 0 Å². The highest BCUT2D eigenvalue weighted by Crippen LogP contribution is 2.41. The van der Waals surface area contributed by atoms with Gasteiger partial charge in [-0.2, -0.15) is 0 Å². The lowest BCUT2D eigenvalue weighted by atomic mass is 9.94. The van der Waals surface area contributed by atoms with Crippen LogP contribution in [-0.4, -0.2) is 455 Å². The molecule has 14 N–H and O–H groups in total. The van der Waals surface area contributed by atoms with Gasteiger partial charge in [-0.15, -0.1) is 0 Å². The van der Waals surface area contributed by atoms with Crippen molar-refractivity contribution in [1.82, 2.24) is 0 Å². The highest BCUT2D eigenvalue weighted by molar-refractivity contribution is 5.03. The van der Waals surface area contributed by atoms with Crippen molar-refractivity contribution < 1.29 is 199 Å². The van der Waals surface area contributed by atoms with Gasteiger partial charge in [0, 0.05) is 85.3 Å². The quantitative estimate of drug-likeness (QED) is 0.0284. The van der Waals surface area contributed by atoms with Crippen LogP contribution in [0.5, 0.6) is 0 Å². The molecule has 0 aliphatic carbocycles. The fourth-order valence-electron chi connectivity index (χ4n) is 14.0. The van der Waals surface area contributed by atoms with Crippen molar-refractivity contribution in [2.45, 2.75) is 246 Å². The number of ether oxygens (including phenoxy) is 27. The van der Waals surface area contributed by atoms with Crippen LogP contribution in [-0.2, 0) is 128 Å². The first-order chi connectivity index (χ1) is 48.5. The molecule has 4 unspecified atom stereocenters. The lowest BCUT2D eigenvalue weighted by Gasteiger charge is -2.52. The Hall–Kier alpha value is -1.64. The van der Waals surface area contributed by atoms with Crippen molar-refractivity contribution in [2.75, 3.05) is 138 Å². The van der Waals surface area contributed by atoms with E-state index < -0.39 is 272 Å². The molecule has 8 aliphatic heterocycles. The third kappa shape index (κ3) is 18.5. The van der Waals surface area contributed by atoms with Gasteiger partial charge in [0.25, 0.3) is 0 Å². The Morgan fingerprint density at radius 3 is 0.673 bits per heavy atom. The van der Waals surface area contributed by atoms with E-state index in [4.69, 9.17) is 128 Å². The van der Waals surface area contributed by atoms with Crippen molar-refractivity contribution in [2.24, 2.45) is 0 Å². The van der Waals surface area contributed by atoms with Gasteiger partial charge in [0.05, 0.1) is 52.9 Å². The van der Waals surface area contributed by atoms with E-state index in [1.165, 1.54) is 85.3 Å². The maximum absolute atomic E-state index is 11.8. The zero-order valence-corrected chi connectivity index (χ0v) is 58.0. The van der Waals surface area contributed by atoms with Gasteiger partial charge in [-0.1, -0.05) is 0 Å². The van der Waals surface area contributed by atoms with Gasteiger partial charge in [0.2, 0.25) is 0 Å². The molecule has 0 aromatic heterocycles. The SMILES string of the molecule is COC[C@H]1OC(O)[C@@H](OC)[C@H](OC)[C@@H]1OC1O[C@H](COC)[C@@H](OC2O[C@H](COC)[C@@H](OC3O[C@H](COC)[C@@H](O[C@H]4O[C@@H](CO)[C@H](O[C@H]5O[C@@H](CO)[C@H](O[C@H]6O[C@@H](CO)[C@H](O[C@H]7O[C@@H](CO)[C@H](O)[C@H](O)[C@H]7O)[C@H](O)[C@H]6O)[C@H](O)[C@H]5O)[C@H](O)[C@H]4O)[C@@H](OC)[C@@H]3OC)[C@@H](OC)[C@@H]2OC)[C@@H](OC)[C@@H]1OC. The number of methoxy groups -OCH3 is 12. The summed E-state index contributed by atoms with van der Waals surface area (Å²) in [4.78, 5) is 0. The Morgan fingerprint density at radius 1 is 0.198 bits per heavy atom. The second-order valence-corrected chi connectivity index (χ2v) is 25.1. The van der Waals surface area contributed by atoms with Crippen LogP contribution in [0.2, 0.25) is 0 Å². The number of hydrogen-bond acceptors (Lipinski definition) is 41. The van der Waals surface area contributed by atoms with E-state index in [-0.39, 0.29) is 26.4 Å². The average molecular weight is 1480 g/mol. The van der Waals surface area contributed by atoms with Crippen LogP contribution in [0.15, 0.2) is 0 Å². The summed E-state index contributed by atoms with van der Waals surface area (Å²) >= 11 is 0. The lowest BCUT2D eigenvalue weighted by Crippen LogP contribution is -2.69. The molecule has 8 fully saturated rings. The summed E-state index contributed by atoms with van der Waals surface area (Å²) < 4.78 is 163. The molecule has 41 heteroatoms. The number of hydrogen-bond donors (Lipinski definition) is 14. The largest absolute Gasteiger partial charge is 0.394 e. The molecule has 8 aliphatic rings. The topological polar surface area (TPSA) is 532 Å². The first-order valence-corrected chi connectivity index (χ1v) is 32.8. The fourth-order valence-corrected chi connectivity index (χ4v) is 14.0. The molecule has 101 heavy (non-hydrogen) atoms. The third-order valence-corrected chi connectivity index (χ3v) is 19.2. The highest BCUT2D eigenvalue weighted by atomic mass is 16.8. The Morgan fingerprint density at radius 2 is 0.416 bits per heavy atom. The van der Waals surface area contributed by atoms with Crippen LogP contribution in [0.25, 0.3) is 0 Å². The molecular formula is C60H106O41. The van der Waals surface area contributed by atoms with Crippen LogP contribution in [0.4, 0.5) is 0 Å². The Kier molecular flexibility index (Phi) is 33.4. The molecule has 40 atom stereocenters. The van der Waals surface area contributed by atoms with Crippen molar-refractivity contribution in [3.8, 4) is 0 Å². The second-order valence-electron chi connectivity index (χ2n) is 25.1. The van der Waals surface area contributed by atoms with Crippen LogP contribution < -0.4 is 0 Å². The van der Waals surface area contributed by atoms with Gasteiger partial charge >= 0.3 is 0 Å². The summed E-state index contributed by atoms with van der Waals surface area (Å²) in [7, 11) is 16.9. The monoisotopic (exact) mass is 1480 g/mol. The molecular weight excluding hydrogens is 1380 g/mol. The normalized spacial score (nSPS) is 48.7. The molecule has 0 spiro atoms. The lowest BCUT2D eigenvalue weighted by molar-refractivity contribution is -0.402. The summed E-state index contributed by atoms with van der Waals surface area (Å²) in [6.45, 7) is -4.19. The standard InChI is InChI=1S/C60H106O41/c1-75-17-25-41(45(79-5)49(83-9)53(74)87-25)99-58-51(85-11)47(81-7)43(27(93-58)19-77-3)101-60-52(86-12)48(82-8)44(28(94-60)20-78-4)100-59-50(84-10)46(80-6)42(26(92-59)18-76-2)98-57-37(73)33(69)40(24(16-64)91-57)97-56-36(72)32(68)39(23(15-63)90-56)96-55-35(71)31(67)38(22(14-62)89-55)95-54-34(70)30(66)29(65)21(13-61)88-54/h21-74H,13-20H2,1-12H3/t21-,22-,23-,24-,25+,26+,27+,28+,29-,30-,31+,32+,33+,34+,35+,36+,37+,38-,39-,40-,41+,42+,43+,44+,45+,46+,47+,48+,49-,50-,51-,52-,53?,54+,55+,56+,57+,58?,59?,60?/m0/s1. The first kappa shape index (κ1) is 85.0. The van der Waals surface area contributed by atoms with E-state index in [9.17, 15) is 71.5 Å². The van der Waals surface area contributed by atoms with Gasteiger partial charge in [-0.3, -0.25) is 0 Å². The minimum absolute atomic E-state index is 0.00906. The Balaban J connectivity index is 0.930. The summed E-state index contributed by atoms with van der Waals surface area (Å²) in [6, 6.07) is 0. The molecule has 0 saturated carbocycles. The van der Waals surface area contributed by atoms with Gasteiger partial charge < -0.3 is 199 Å². The molecule has 0 aromatic carbocycles. The minimum atomic E-state index is -2.15. The summed E-state index contributed by atoms with van der Waals surface area (Å²) in [5.74, 6) is 0. The van der Waals surface area contributed by atoms with Crippen molar-refractivity contribution >= 4 is 0 Å². The fraction of sp³-hybridized carbons (Fsp3) is 1.00. The van der Waals surface area contributed by atoms with Gasteiger partial charge in [0.1, 0.15) is 195 Å². The van der Waals surface area contributed by atoms with E-state index in [0.717, 1.165) is 0 Å². The van der Waals surface area contributed by atoms with E-state index in [0.29, 0.717) is 0 Å². The molecule has 8 rings (SSSR count). The summed E-state index contributed by atoms with van der Waals surface area (Å²) in [5.41, 5.74) is 0. The predicted octanol–water partition coefficient (Wildman–Crippen LogP) is -10.6. The average Bonchev–Trinajstić information content (AvgIpc) is 0.769.